The quantitative estimate of drug-likeness (QED) is 0.415. The van der Waals surface area contributed by atoms with Crippen LogP contribution in [0.25, 0.3) is 0 Å². The van der Waals surface area contributed by atoms with E-state index in [1.165, 1.54) is 13.0 Å². The monoisotopic (exact) mass is 433 g/mol. The van der Waals surface area contributed by atoms with Gasteiger partial charge in [-0.25, -0.2) is 4.79 Å². The summed E-state index contributed by atoms with van der Waals surface area (Å²) in [6, 6.07) is 10.9. The molecule has 0 radical (unpaired) electrons. The van der Waals surface area contributed by atoms with E-state index in [1.807, 2.05) is 39.8 Å². The zero-order valence-corrected chi connectivity index (χ0v) is 18.7. The molecule has 1 atom stereocenters. The highest BCUT2D eigenvalue weighted by Crippen LogP contribution is 2.26. The van der Waals surface area contributed by atoms with E-state index in [1.54, 1.807) is 24.3 Å². The van der Waals surface area contributed by atoms with Crippen LogP contribution in [-0.4, -0.2) is 23.8 Å². The molecule has 0 bridgehead atoms. The van der Waals surface area contributed by atoms with Gasteiger partial charge in [-0.05, 0) is 42.7 Å². The lowest BCUT2D eigenvalue weighted by atomic mass is 9.82. The number of hydrogen-bond donors (Lipinski definition) is 1. The second-order valence-electron chi connectivity index (χ2n) is 8.07. The first kappa shape index (κ1) is 25.3. The SMILES string of the molecule is CC(=O)OCc1cc(C(=O)C(N)C(C)(C)C)ccc1OC(=O)c1ccc(C)cc1.Cl. The summed E-state index contributed by atoms with van der Waals surface area (Å²) >= 11 is 0. The first-order valence-corrected chi connectivity index (χ1v) is 9.34. The molecule has 0 heterocycles. The Morgan fingerprint density at radius 2 is 1.57 bits per heavy atom. The van der Waals surface area contributed by atoms with Gasteiger partial charge in [0.2, 0.25) is 0 Å². The number of benzene rings is 2. The number of hydrogen-bond acceptors (Lipinski definition) is 6. The number of esters is 2. The number of aryl methyl sites for hydroxylation is 1. The molecule has 162 valence electrons. The minimum Gasteiger partial charge on any atom is -0.461 e. The van der Waals surface area contributed by atoms with E-state index in [4.69, 9.17) is 15.2 Å². The third-order valence-corrected chi connectivity index (χ3v) is 4.48. The van der Waals surface area contributed by atoms with Crippen molar-refractivity contribution in [2.45, 2.75) is 47.3 Å². The Morgan fingerprint density at radius 3 is 2.10 bits per heavy atom. The van der Waals surface area contributed by atoms with E-state index in [-0.39, 0.29) is 30.5 Å². The lowest BCUT2D eigenvalue weighted by Gasteiger charge is -2.26. The van der Waals surface area contributed by atoms with Gasteiger partial charge in [-0.2, -0.15) is 0 Å². The first-order valence-electron chi connectivity index (χ1n) is 9.34. The zero-order chi connectivity index (χ0) is 21.8. The van der Waals surface area contributed by atoms with Crippen molar-refractivity contribution in [2.24, 2.45) is 11.1 Å². The maximum Gasteiger partial charge on any atom is 0.343 e. The summed E-state index contributed by atoms with van der Waals surface area (Å²) in [5.74, 6) is -1.04. The highest BCUT2D eigenvalue weighted by molar-refractivity contribution is 6.01. The molecule has 0 aliphatic carbocycles. The molecule has 0 fully saturated rings. The van der Waals surface area contributed by atoms with Crippen molar-refractivity contribution < 1.29 is 23.9 Å². The van der Waals surface area contributed by atoms with Gasteiger partial charge in [0.1, 0.15) is 12.4 Å². The predicted molar refractivity (Wildman–Crippen MR) is 117 cm³/mol. The van der Waals surface area contributed by atoms with Crippen molar-refractivity contribution >= 4 is 30.1 Å². The molecule has 0 saturated carbocycles. The fraction of sp³-hybridized carbons (Fsp3) is 0.348. The molecule has 30 heavy (non-hydrogen) atoms. The smallest absolute Gasteiger partial charge is 0.343 e. The molecule has 0 spiro atoms. The van der Waals surface area contributed by atoms with Gasteiger partial charge >= 0.3 is 11.9 Å². The molecule has 2 aromatic carbocycles. The maximum absolute atomic E-state index is 12.7. The molecule has 2 aromatic rings. The van der Waals surface area contributed by atoms with E-state index in [2.05, 4.69) is 0 Å². The summed E-state index contributed by atoms with van der Waals surface area (Å²) in [7, 11) is 0. The molecule has 0 aromatic heterocycles. The summed E-state index contributed by atoms with van der Waals surface area (Å²) in [6.45, 7) is 8.72. The molecule has 1 unspecified atom stereocenters. The molecule has 2 rings (SSSR count). The minimum atomic E-state index is -0.704. The van der Waals surface area contributed by atoms with Crippen LogP contribution in [0.3, 0.4) is 0 Å². The largest absolute Gasteiger partial charge is 0.461 e. The Hall–Kier alpha value is -2.70. The Morgan fingerprint density at radius 1 is 1.00 bits per heavy atom. The van der Waals surface area contributed by atoms with Gasteiger partial charge in [0, 0.05) is 18.1 Å². The second kappa shape index (κ2) is 10.4. The van der Waals surface area contributed by atoms with Crippen LogP contribution >= 0.6 is 12.4 Å². The molecule has 0 aliphatic heterocycles. The van der Waals surface area contributed by atoms with Gasteiger partial charge in [-0.15, -0.1) is 12.4 Å². The van der Waals surface area contributed by atoms with Crippen molar-refractivity contribution in [1.29, 1.82) is 0 Å². The van der Waals surface area contributed by atoms with E-state index >= 15 is 0 Å². The lowest BCUT2D eigenvalue weighted by molar-refractivity contribution is -0.142. The molecular formula is C23H28ClNO5. The van der Waals surface area contributed by atoms with Crippen molar-refractivity contribution in [1.82, 2.24) is 0 Å². The van der Waals surface area contributed by atoms with Crippen LogP contribution in [0, 0.1) is 12.3 Å². The van der Waals surface area contributed by atoms with Gasteiger partial charge in [0.15, 0.2) is 5.78 Å². The molecule has 7 heteroatoms. The Labute approximate surface area is 183 Å². The van der Waals surface area contributed by atoms with Gasteiger partial charge in [-0.1, -0.05) is 38.5 Å². The van der Waals surface area contributed by atoms with Crippen LogP contribution in [0.5, 0.6) is 5.75 Å². The molecule has 6 nitrogen and oxygen atoms in total. The number of halogens is 1. The van der Waals surface area contributed by atoms with Crippen LogP contribution in [0.15, 0.2) is 42.5 Å². The summed E-state index contributed by atoms with van der Waals surface area (Å²) in [5, 5.41) is 0. The summed E-state index contributed by atoms with van der Waals surface area (Å²) in [6.07, 6.45) is 0. The third kappa shape index (κ3) is 6.68. The van der Waals surface area contributed by atoms with Crippen molar-refractivity contribution in [3.8, 4) is 5.75 Å². The molecule has 2 N–H and O–H groups in total. The van der Waals surface area contributed by atoms with Gasteiger partial charge in [-0.3, -0.25) is 9.59 Å². The standard InChI is InChI=1S/C23H27NO5.ClH/c1-14-6-8-16(9-7-14)22(27)29-19-11-10-17(12-18(19)13-28-15(2)25)20(26)21(24)23(3,4)5;/h6-12,21H,13,24H2,1-5H3;1H. The van der Waals surface area contributed by atoms with Crippen LogP contribution in [0.2, 0.25) is 0 Å². The van der Waals surface area contributed by atoms with Gasteiger partial charge in [0.05, 0.1) is 11.6 Å². The van der Waals surface area contributed by atoms with E-state index < -0.39 is 23.4 Å². The minimum absolute atomic E-state index is 0. The number of nitrogens with two attached hydrogens (primary N) is 1. The third-order valence-electron chi connectivity index (χ3n) is 4.48. The fourth-order valence-electron chi connectivity index (χ4n) is 2.55. The van der Waals surface area contributed by atoms with Gasteiger partial charge < -0.3 is 15.2 Å². The summed E-state index contributed by atoms with van der Waals surface area (Å²) in [5.41, 5.74) is 7.86. The van der Waals surface area contributed by atoms with Crippen molar-refractivity contribution in [3.63, 3.8) is 0 Å². The summed E-state index contributed by atoms with van der Waals surface area (Å²) in [4.78, 5) is 36.4. The van der Waals surface area contributed by atoms with Gasteiger partial charge in [0.25, 0.3) is 0 Å². The highest BCUT2D eigenvalue weighted by Gasteiger charge is 2.29. The Balaban J connectivity index is 0.00000450. The predicted octanol–water partition coefficient (Wildman–Crippen LogP) is 4.26. The number of rotatable bonds is 6. The van der Waals surface area contributed by atoms with E-state index in [0.717, 1.165) is 5.56 Å². The van der Waals surface area contributed by atoms with E-state index in [9.17, 15) is 14.4 Å². The average molecular weight is 434 g/mol. The Bertz CT molecular complexity index is 916. The zero-order valence-electron chi connectivity index (χ0n) is 17.9. The lowest BCUT2D eigenvalue weighted by Crippen LogP contribution is -2.42. The number of carbonyl (C=O) groups excluding carboxylic acids is 3. The Kier molecular flexibility index (Phi) is 8.75. The number of Topliss-reactive ketones (excluding diaryl/α,β-unsaturated/α-hetero) is 1. The average Bonchev–Trinajstić information content (AvgIpc) is 2.65. The number of ketones is 1. The van der Waals surface area contributed by atoms with Crippen molar-refractivity contribution in [3.05, 3.63) is 64.7 Å². The maximum atomic E-state index is 12.7. The molecule has 0 saturated heterocycles. The van der Waals surface area contributed by atoms with Crippen LogP contribution in [-0.2, 0) is 16.1 Å². The van der Waals surface area contributed by atoms with Crippen LogP contribution < -0.4 is 10.5 Å². The highest BCUT2D eigenvalue weighted by atomic mass is 35.5. The molecule has 0 aliphatic rings. The number of carbonyl (C=O) groups is 3. The molecular weight excluding hydrogens is 406 g/mol. The number of ether oxygens (including phenoxy) is 2. The van der Waals surface area contributed by atoms with Crippen molar-refractivity contribution in [2.75, 3.05) is 0 Å². The van der Waals surface area contributed by atoms with E-state index in [0.29, 0.717) is 16.7 Å². The first-order chi connectivity index (χ1) is 13.5. The van der Waals surface area contributed by atoms with Crippen LogP contribution in [0.1, 0.15) is 59.5 Å². The normalized spacial score (nSPS) is 11.8. The summed E-state index contributed by atoms with van der Waals surface area (Å²) < 4.78 is 10.6. The molecule has 0 amide bonds. The fourth-order valence-corrected chi connectivity index (χ4v) is 2.55. The van der Waals surface area contributed by atoms with Crippen LogP contribution in [0.4, 0.5) is 0 Å². The second-order valence-corrected chi connectivity index (χ2v) is 8.07. The topological polar surface area (TPSA) is 95.7 Å².